The van der Waals surface area contributed by atoms with Crippen LogP contribution in [0.5, 0.6) is 0 Å². The van der Waals surface area contributed by atoms with Crippen molar-refractivity contribution in [1.82, 2.24) is 15.5 Å². The van der Waals surface area contributed by atoms with Crippen molar-refractivity contribution in [3.05, 3.63) is 23.2 Å². The number of hydrogen-bond donors (Lipinski definition) is 2. The predicted molar refractivity (Wildman–Crippen MR) is 78.8 cm³/mol. The molecule has 5 nitrogen and oxygen atoms in total. The molecular weight excluding hydrogens is 254 g/mol. The van der Waals surface area contributed by atoms with Gasteiger partial charge in [0.25, 0.3) is 0 Å². The first kappa shape index (κ1) is 14.9. The van der Waals surface area contributed by atoms with Gasteiger partial charge in [-0.25, -0.2) is 4.79 Å². The van der Waals surface area contributed by atoms with E-state index < -0.39 is 0 Å². The van der Waals surface area contributed by atoms with Crippen LogP contribution in [0.3, 0.4) is 0 Å². The summed E-state index contributed by atoms with van der Waals surface area (Å²) >= 11 is 0. The van der Waals surface area contributed by atoms with Gasteiger partial charge in [-0.2, -0.15) is 0 Å². The van der Waals surface area contributed by atoms with Crippen molar-refractivity contribution in [2.45, 2.75) is 45.7 Å². The minimum atomic E-state index is -0.0923. The Hall–Kier alpha value is -1.49. The number of furan rings is 1. The highest BCUT2D eigenvalue weighted by molar-refractivity contribution is 5.74. The number of hydrogen-bond acceptors (Lipinski definition) is 3. The zero-order valence-corrected chi connectivity index (χ0v) is 12.8. The third-order valence-corrected chi connectivity index (χ3v) is 3.95. The predicted octanol–water partition coefficient (Wildman–Crippen LogP) is 2.35. The molecule has 0 saturated carbocycles. The van der Waals surface area contributed by atoms with Crippen molar-refractivity contribution in [3.8, 4) is 0 Å². The lowest BCUT2D eigenvalue weighted by molar-refractivity contribution is 0.212. The van der Waals surface area contributed by atoms with Crippen LogP contribution in [0, 0.1) is 13.8 Å². The highest BCUT2D eigenvalue weighted by atomic mass is 16.3. The van der Waals surface area contributed by atoms with Gasteiger partial charge in [-0.1, -0.05) is 0 Å². The highest BCUT2D eigenvalue weighted by Crippen LogP contribution is 2.21. The van der Waals surface area contributed by atoms with Crippen LogP contribution >= 0.6 is 0 Å². The van der Waals surface area contributed by atoms with Crippen molar-refractivity contribution in [2.24, 2.45) is 0 Å². The van der Waals surface area contributed by atoms with E-state index in [1.807, 2.05) is 26.8 Å². The van der Waals surface area contributed by atoms with Crippen LogP contribution in [-0.2, 0) is 0 Å². The Bertz CT molecular complexity index is 462. The fourth-order valence-corrected chi connectivity index (χ4v) is 2.73. The third-order valence-electron chi connectivity index (χ3n) is 3.95. The summed E-state index contributed by atoms with van der Waals surface area (Å²) in [6.07, 6.45) is 2.03. The van der Waals surface area contributed by atoms with Gasteiger partial charge in [0.05, 0.1) is 6.04 Å². The molecule has 1 aliphatic heterocycles. The van der Waals surface area contributed by atoms with Crippen LogP contribution in [-0.4, -0.2) is 37.1 Å². The van der Waals surface area contributed by atoms with E-state index >= 15 is 0 Å². The second-order valence-electron chi connectivity index (χ2n) is 5.79. The van der Waals surface area contributed by atoms with Crippen LogP contribution in [0.1, 0.15) is 42.9 Å². The number of nitrogens with zero attached hydrogens (tertiary/aromatic N) is 1. The van der Waals surface area contributed by atoms with Gasteiger partial charge in [-0.05, 0) is 59.8 Å². The molecule has 1 saturated heterocycles. The first-order valence-electron chi connectivity index (χ1n) is 7.28. The smallest absolute Gasteiger partial charge is 0.315 e. The normalized spacial score (nSPS) is 18.8. The standard InChI is InChI=1S/C15H25N3O2/c1-10-9-14(12(3)20-10)11(2)16-15(19)17-13-5-7-18(4)8-6-13/h9,11,13H,5-8H2,1-4H3,(H2,16,17,19). The van der Waals surface area contributed by atoms with E-state index in [0.29, 0.717) is 0 Å². The molecule has 0 radical (unpaired) electrons. The zero-order valence-electron chi connectivity index (χ0n) is 12.8. The molecule has 1 aromatic heterocycles. The molecule has 0 bridgehead atoms. The van der Waals surface area contributed by atoms with Crippen molar-refractivity contribution in [2.75, 3.05) is 20.1 Å². The molecule has 2 heterocycles. The minimum absolute atomic E-state index is 0.0429. The first-order chi connectivity index (χ1) is 9.45. The van der Waals surface area contributed by atoms with Gasteiger partial charge in [-0.15, -0.1) is 0 Å². The molecule has 1 atom stereocenters. The number of likely N-dealkylation sites (tertiary alicyclic amines) is 1. The van der Waals surface area contributed by atoms with E-state index in [9.17, 15) is 4.79 Å². The van der Waals surface area contributed by atoms with Crippen LogP contribution < -0.4 is 10.6 Å². The van der Waals surface area contributed by atoms with Gasteiger partial charge < -0.3 is 20.0 Å². The molecule has 2 rings (SSSR count). The summed E-state index contributed by atoms with van der Waals surface area (Å²) in [6, 6.07) is 2.13. The summed E-state index contributed by atoms with van der Waals surface area (Å²) in [5.74, 6) is 1.75. The number of carbonyl (C=O) groups is 1. The monoisotopic (exact) mass is 279 g/mol. The van der Waals surface area contributed by atoms with Gasteiger partial charge in [-0.3, -0.25) is 0 Å². The Morgan fingerprint density at radius 1 is 1.40 bits per heavy atom. The minimum Gasteiger partial charge on any atom is -0.466 e. The quantitative estimate of drug-likeness (QED) is 0.893. The topological polar surface area (TPSA) is 57.5 Å². The lowest BCUT2D eigenvalue weighted by atomic mass is 10.1. The average Bonchev–Trinajstić information content (AvgIpc) is 2.71. The van der Waals surface area contributed by atoms with Crippen molar-refractivity contribution >= 4 is 6.03 Å². The van der Waals surface area contributed by atoms with E-state index in [1.54, 1.807) is 0 Å². The molecule has 1 aromatic rings. The number of nitrogens with one attached hydrogen (secondary N) is 2. The lowest BCUT2D eigenvalue weighted by Gasteiger charge is -2.29. The second-order valence-corrected chi connectivity index (χ2v) is 5.79. The maximum atomic E-state index is 12.0. The fraction of sp³-hybridized carbons (Fsp3) is 0.667. The van der Waals surface area contributed by atoms with E-state index in [2.05, 4.69) is 22.6 Å². The molecule has 2 amide bonds. The van der Waals surface area contributed by atoms with E-state index in [4.69, 9.17) is 4.42 Å². The number of urea groups is 1. The molecule has 1 fully saturated rings. The first-order valence-corrected chi connectivity index (χ1v) is 7.28. The largest absolute Gasteiger partial charge is 0.466 e. The van der Waals surface area contributed by atoms with Crippen molar-refractivity contribution < 1.29 is 9.21 Å². The lowest BCUT2D eigenvalue weighted by Crippen LogP contribution is -2.47. The molecule has 0 aromatic carbocycles. The van der Waals surface area contributed by atoms with Crippen LogP contribution in [0.25, 0.3) is 0 Å². The molecule has 5 heteroatoms. The van der Waals surface area contributed by atoms with Crippen LogP contribution in [0.15, 0.2) is 10.5 Å². The van der Waals surface area contributed by atoms with Crippen molar-refractivity contribution in [1.29, 1.82) is 0 Å². The van der Waals surface area contributed by atoms with Gasteiger partial charge in [0.2, 0.25) is 0 Å². The molecule has 112 valence electrons. The average molecular weight is 279 g/mol. The van der Waals surface area contributed by atoms with Crippen LogP contribution in [0.4, 0.5) is 4.79 Å². The SMILES string of the molecule is Cc1cc(C(C)NC(=O)NC2CCN(C)CC2)c(C)o1. The summed E-state index contributed by atoms with van der Waals surface area (Å²) in [6.45, 7) is 7.91. The summed E-state index contributed by atoms with van der Waals surface area (Å²) in [4.78, 5) is 14.3. The number of rotatable bonds is 3. The second kappa shape index (κ2) is 6.31. The van der Waals surface area contributed by atoms with Gasteiger partial charge >= 0.3 is 6.03 Å². The van der Waals surface area contributed by atoms with E-state index in [-0.39, 0.29) is 18.1 Å². The van der Waals surface area contributed by atoms with Gasteiger partial charge in [0, 0.05) is 11.6 Å². The molecule has 0 aliphatic carbocycles. The van der Waals surface area contributed by atoms with Crippen LogP contribution in [0.2, 0.25) is 0 Å². The Morgan fingerprint density at radius 2 is 2.05 bits per heavy atom. The number of piperidine rings is 1. The number of carbonyl (C=O) groups excluding carboxylic acids is 1. The maximum Gasteiger partial charge on any atom is 0.315 e. The summed E-state index contributed by atoms with van der Waals surface area (Å²) < 4.78 is 5.50. The fourth-order valence-electron chi connectivity index (χ4n) is 2.73. The number of amides is 2. The van der Waals surface area contributed by atoms with E-state index in [1.165, 1.54) is 0 Å². The van der Waals surface area contributed by atoms with Gasteiger partial charge in [0.15, 0.2) is 0 Å². The molecule has 2 N–H and O–H groups in total. The maximum absolute atomic E-state index is 12.0. The number of aryl methyl sites for hydroxylation is 2. The molecule has 1 unspecified atom stereocenters. The Morgan fingerprint density at radius 3 is 2.60 bits per heavy atom. The summed E-state index contributed by atoms with van der Waals surface area (Å²) in [5.41, 5.74) is 1.04. The zero-order chi connectivity index (χ0) is 14.7. The summed E-state index contributed by atoms with van der Waals surface area (Å²) in [5, 5.41) is 6.04. The Labute approximate surface area is 120 Å². The molecule has 0 spiro atoms. The molecule has 1 aliphatic rings. The highest BCUT2D eigenvalue weighted by Gasteiger charge is 2.20. The summed E-state index contributed by atoms with van der Waals surface area (Å²) in [7, 11) is 2.11. The molecule has 20 heavy (non-hydrogen) atoms. The molecular formula is C15H25N3O2. The Balaban J connectivity index is 1.83. The van der Waals surface area contributed by atoms with Crippen molar-refractivity contribution in [3.63, 3.8) is 0 Å². The Kier molecular flexibility index (Phi) is 4.70. The van der Waals surface area contributed by atoms with E-state index in [0.717, 1.165) is 43.0 Å². The van der Waals surface area contributed by atoms with Gasteiger partial charge in [0.1, 0.15) is 11.5 Å². The third kappa shape index (κ3) is 3.76.